The van der Waals surface area contributed by atoms with Gasteiger partial charge in [0.05, 0.1) is 12.4 Å². The number of carboxylic acid groups (broad SMARTS) is 2. The molecule has 13 heteroatoms. The van der Waals surface area contributed by atoms with Gasteiger partial charge in [-0.05, 0) is 18.3 Å². The fourth-order valence-corrected chi connectivity index (χ4v) is 2.97. The van der Waals surface area contributed by atoms with Gasteiger partial charge in [0, 0.05) is 24.7 Å². The lowest BCUT2D eigenvalue weighted by Gasteiger charge is -2.27. The number of aromatic amines is 1. The second-order valence-electron chi connectivity index (χ2n) is 8.67. The number of aliphatic carboxylic acids is 2. The van der Waals surface area contributed by atoms with Gasteiger partial charge in [0.25, 0.3) is 0 Å². The Hall–Kier alpha value is -3.48. The zero-order valence-corrected chi connectivity index (χ0v) is 19.7. The summed E-state index contributed by atoms with van der Waals surface area (Å²) in [5.41, 5.74) is 6.30. The molecule has 0 aliphatic heterocycles. The number of aromatic nitrogens is 2. The first kappa shape index (κ1) is 28.6. The van der Waals surface area contributed by atoms with Crippen LogP contribution in [0, 0.1) is 11.8 Å². The number of carbonyl (C=O) groups is 5. The van der Waals surface area contributed by atoms with Crippen molar-refractivity contribution in [3.8, 4) is 0 Å². The van der Waals surface area contributed by atoms with Crippen LogP contribution in [-0.2, 0) is 30.4 Å². The highest BCUT2D eigenvalue weighted by Gasteiger charge is 2.32. The molecule has 8 N–H and O–H groups in total. The summed E-state index contributed by atoms with van der Waals surface area (Å²) in [5.74, 6) is -5.19. The number of hydrogen-bond donors (Lipinski definition) is 7. The molecule has 0 radical (unpaired) electrons. The number of carbonyl (C=O) groups excluding carboxylic acids is 3. The normalized spacial score (nSPS) is 14.7. The summed E-state index contributed by atoms with van der Waals surface area (Å²) < 4.78 is 0. The van der Waals surface area contributed by atoms with Gasteiger partial charge >= 0.3 is 11.9 Å². The van der Waals surface area contributed by atoms with E-state index >= 15 is 0 Å². The van der Waals surface area contributed by atoms with E-state index in [0.29, 0.717) is 5.69 Å². The third-order valence-corrected chi connectivity index (χ3v) is 5.14. The summed E-state index contributed by atoms with van der Waals surface area (Å²) in [6, 6.07) is -4.58. The molecule has 4 atom stereocenters. The second-order valence-corrected chi connectivity index (χ2v) is 8.67. The maximum Gasteiger partial charge on any atom is 0.326 e. The molecule has 1 aromatic rings. The van der Waals surface area contributed by atoms with E-state index in [9.17, 15) is 29.1 Å². The number of hydrogen-bond acceptors (Lipinski definition) is 7. The van der Waals surface area contributed by atoms with Gasteiger partial charge in [0.15, 0.2) is 0 Å². The Morgan fingerprint density at radius 3 is 2.03 bits per heavy atom. The molecule has 0 bridgehead atoms. The van der Waals surface area contributed by atoms with Gasteiger partial charge in [0.1, 0.15) is 18.1 Å². The lowest BCUT2D eigenvalue weighted by molar-refractivity contribution is -0.143. The molecule has 0 aliphatic rings. The Kier molecular flexibility index (Phi) is 11.2. The molecule has 4 unspecified atom stereocenters. The van der Waals surface area contributed by atoms with Crippen LogP contribution < -0.4 is 21.7 Å². The van der Waals surface area contributed by atoms with Crippen molar-refractivity contribution in [2.24, 2.45) is 17.6 Å². The van der Waals surface area contributed by atoms with E-state index < -0.39 is 60.2 Å². The van der Waals surface area contributed by atoms with E-state index in [-0.39, 0.29) is 24.7 Å². The van der Waals surface area contributed by atoms with Crippen molar-refractivity contribution in [1.29, 1.82) is 0 Å². The molecule has 3 amide bonds. The number of nitrogens with two attached hydrogens (primary N) is 1. The largest absolute Gasteiger partial charge is 0.481 e. The van der Waals surface area contributed by atoms with Crippen molar-refractivity contribution >= 4 is 29.7 Å². The van der Waals surface area contributed by atoms with Crippen LogP contribution in [-0.4, -0.2) is 74.0 Å². The minimum atomic E-state index is -1.35. The molecule has 0 saturated carbocycles. The van der Waals surface area contributed by atoms with Crippen LogP contribution in [0.1, 0.15) is 46.2 Å². The summed E-state index contributed by atoms with van der Waals surface area (Å²) in [5, 5.41) is 25.8. The predicted octanol–water partition coefficient (Wildman–Crippen LogP) is -1.00. The highest BCUT2D eigenvalue weighted by atomic mass is 16.4. The fourth-order valence-electron chi connectivity index (χ4n) is 2.97. The summed E-state index contributed by atoms with van der Waals surface area (Å²) in [4.78, 5) is 67.3. The van der Waals surface area contributed by atoms with E-state index in [2.05, 4.69) is 25.9 Å². The molecule has 0 aromatic carbocycles. The topological polar surface area (TPSA) is 217 Å². The maximum absolute atomic E-state index is 12.9. The Labute approximate surface area is 197 Å². The van der Waals surface area contributed by atoms with Crippen LogP contribution in [0.5, 0.6) is 0 Å². The Balaban J connectivity index is 2.99. The molecule has 0 aliphatic carbocycles. The molecule has 0 fully saturated rings. The number of amides is 3. The van der Waals surface area contributed by atoms with Crippen molar-refractivity contribution < 1.29 is 34.2 Å². The SMILES string of the molecule is CC(C)C(N)C(=O)NC(C(=O)NC(CCC(=O)O)C(=O)NC(Cc1cnc[nH]1)C(=O)O)C(C)C. The third-order valence-electron chi connectivity index (χ3n) is 5.14. The molecule has 1 aromatic heterocycles. The molecule has 13 nitrogen and oxygen atoms in total. The number of imidazole rings is 1. The van der Waals surface area contributed by atoms with Crippen molar-refractivity contribution in [2.75, 3.05) is 0 Å². The number of rotatable bonds is 14. The van der Waals surface area contributed by atoms with E-state index in [4.69, 9.17) is 10.8 Å². The monoisotopic (exact) mass is 482 g/mol. The van der Waals surface area contributed by atoms with Crippen molar-refractivity contribution in [3.63, 3.8) is 0 Å². The van der Waals surface area contributed by atoms with Crippen LogP contribution in [0.2, 0.25) is 0 Å². The summed E-state index contributed by atoms with van der Waals surface area (Å²) in [6.45, 7) is 6.87. The van der Waals surface area contributed by atoms with Crippen LogP contribution in [0.25, 0.3) is 0 Å². The first-order chi connectivity index (χ1) is 15.8. The van der Waals surface area contributed by atoms with Gasteiger partial charge < -0.3 is 36.9 Å². The van der Waals surface area contributed by atoms with E-state index in [1.807, 2.05) is 0 Å². The minimum Gasteiger partial charge on any atom is -0.481 e. The second kappa shape index (κ2) is 13.3. The van der Waals surface area contributed by atoms with Crippen molar-refractivity contribution in [2.45, 2.75) is 71.1 Å². The van der Waals surface area contributed by atoms with Gasteiger partial charge in [-0.25, -0.2) is 9.78 Å². The first-order valence-corrected chi connectivity index (χ1v) is 10.9. The molecule has 1 rings (SSSR count). The number of H-pyrrole nitrogens is 1. The number of carboxylic acids is 2. The minimum absolute atomic E-state index is 0.0988. The smallest absolute Gasteiger partial charge is 0.326 e. The average molecular weight is 483 g/mol. The molecule has 1 heterocycles. The molecular formula is C21H34N6O7. The summed E-state index contributed by atoms with van der Waals surface area (Å²) in [6.07, 6.45) is 1.93. The lowest BCUT2D eigenvalue weighted by atomic mass is 9.99. The lowest BCUT2D eigenvalue weighted by Crippen LogP contribution is -2.59. The fraction of sp³-hybridized carbons (Fsp3) is 0.619. The highest BCUT2D eigenvalue weighted by Crippen LogP contribution is 2.08. The van der Waals surface area contributed by atoms with E-state index in [1.165, 1.54) is 12.5 Å². The number of nitrogens with zero attached hydrogens (tertiary/aromatic N) is 1. The van der Waals surface area contributed by atoms with Gasteiger partial charge in [-0.1, -0.05) is 27.7 Å². The van der Waals surface area contributed by atoms with E-state index in [0.717, 1.165) is 0 Å². The quantitative estimate of drug-likeness (QED) is 0.173. The summed E-state index contributed by atoms with van der Waals surface area (Å²) in [7, 11) is 0. The highest BCUT2D eigenvalue weighted by molar-refractivity contribution is 5.94. The zero-order valence-electron chi connectivity index (χ0n) is 19.7. The van der Waals surface area contributed by atoms with Crippen LogP contribution >= 0.6 is 0 Å². The van der Waals surface area contributed by atoms with Gasteiger partial charge in [-0.3, -0.25) is 19.2 Å². The molecule has 190 valence electrons. The Bertz CT molecular complexity index is 856. The Morgan fingerprint density at radius 1 is 0.941 bits per heavy atom. The van der Waals surface area contributed by atoms with Crippen LogP contribution in [0.15, 0.2) is 12.5 Å². The summed E-state index contributed by atoms with van der Waals surface area (Å²) >= 11 is 0. The van der Waals surface area contributed by atoms with E-state index in [1.54, 1.807) is 27.7 Å². The molecule has 34 heavy (non-hydrogen) atoms. The third kappa shape index (κ3) is 9.17. The Morgan fingerprint density at radius 2 is 1.56 bits per heavy atom. The van der Waals surface area contributed by atoms with Crippen LogP contribution in [0.3, 0.4) is 0 Å². The van der Waals surface area contributed by atoms with Crippen molar-refractivity contribution in [1.82, 2.24) is 25.9 Å². The van der Waals surface area contributed by atoms with Gasteiger partial charge in [-0.2, -0.15) is 0 Å². The maximum atomic E-state index is 12.9. The zero-order chi connectivity index (χ0) is 26.0. The standard InChI is InChI=1S/C21H34N6O7/c1-10(2)16(22)19(31)27-17(11(3)4)20(32)25-13(5-6-15(28)29)18(30)26-14(21(33)34)7-12-8-23-9-24-12/h8-11,13-14,16-17H,5-7,22H2,1-4H3,(H,23,24)(H,25,32)(H,26,30)(H,27,31)(H,28,29)(H,33,34). The van der Waals surface area contributed by atoms with Crippen molar-refractivity contribution in [3.05, 3.63) is 18.2 Å². The first-order valence-electron chi connectivity index (χ1n) is 10.9. The molecule has 0 saturated heterocycles. The molecular weight excluding hydrogens is 448 g/mol. The number of nitrogens with one attached hydrogen (secondary N) is 4. The van der Waals surface area contributed by atoms with Crippen LogP contribution in [0.4, 0.5) is 0 Å². The van der Waals surface area contributed by atoms with Gasteiger partial charge in [0.2, 0.25) is 17.7 Å². The molecule has 0 spiro atoms. The predicted molar refractivity (Wildman–Crippen MR) is 120 cm³/mol. The van der Waals surface area contributed by atoms with Gasteiger partial charge in [-0.15, -0.1) is 0 Å². The average Bonchev–Trinajstić information content (AvgIpc) is 3.25.